The molecule has 0 saturated heterocycles. The summed E-state index contributed by atoms with van der Waals surface area (Å²) in [5, 5.41) is 9.18. The molecule has 17 heavy (non-hydrogen) atoms. The van der Waals surface area contributed by atoms with Gasteiger partial charge >= 0.3 is 0 Å². The lowest BCUT2D eigenvalue weighted by Gasteiger charge is -2.18. The minimum atomic E-state index is -3.41. The van der Waals surface area contributed by atoms with Crippen molar-refractivity contribution in [2.75, 3.05) is 6.61 Å². The molecule has 1 fully saturated rings. The van der Waals surface area contributed by atoms with Crippen LogP contribution in [0.25, 0.3) is 0 Å². The lowest BCUT2D eigenvalue weighted by atomic mass is 10.1. The topological polar surface area (TPSA) is 66.4 Å². The number of aryl methyl sites for hydroxylation is 1. The molecule has 0 aliphatic heterocycles. The van der Waals surface area contributed by atoms with Gasteiger partial charge in [0.15, 0.2) is 0 Å². The zero-order valence-electron chi connectivity index (χ0n) is 9.72. The Hall–Kier alpha value is -0.430. The Morgan fingerprint density at radius 2 is 2.24 bits per heavy atom. The molecule has 0 bridgehead atoms. The van der Waals surface area contributed by atoms with E-state index in [2.05, 4.69) is 4.72 Å². The number of hydrogen-bond acceptors (Lipinski definition) is 4. The van der Waals surface area contributed by atoms with E-state index in [4.69, 9.17) is 0 Å². The quantitative estimate of drug-likeness (QED) is 0.875. The fraction of sp³-hybridized carbons (Fsp3) is 0.636. The summed E-state index contributed by atoms with van der Waals surface area (Å²) in [6.07, 6.45) is 2.68. The number of nitrogens with one attached hydrogen (secondary N) is 1. The Morgan fingerprint density at radius 3 is 2.82 bits per heavy atom. The minimum Gasteiger partial charge on any atom is -0.396 e. The van der Waals surface area contributed by atoms with Crippen LogP contribution < -0.4 is 4.72 Å². The first kappa shape index (κ1) is 13.0. The average Bonchev–Trinajstić information content (AvgIpc) is 2.86. The molecule has 1 saturated carbocycles. The van der Waals surface area contributed by atoms with Gasteiger partial charge in [0.05, 0.1) is 0 Å². The first-order valence-corrected chi connectivity index (χ1v) is 8.02. The predicted molar refractivity (Wildman–Crippen MR) is 67.6 cm³/mol. The van der Waals surface area contributed by atoms with E-state index in [1.54, 1.807) is 12.1 Å². The number of sulfonamides is 1. The van der Waals surface area contributed by atoms with E-state index in [0.29, 0.717) is 4.21 Å². The fourth-order valence-corrected chi connectivity index (χ4v) is 4.86. The van der Waals surface area contributed by atoms with Crippen LogP contribution in [0.4, 0.5) is 0 Å². The molecule has 0 spiro atoms. The second kappa shape index (κ2) is 5.06. The van der Waals surface area contributed by atoms with E-state index in [0.717, 1.165) is 24.1 Å². The van der Waals surface area contributed by atoms with Crippen LogP contribution in [0.3, 0.4) is 0 Å². The Morgan fingerprint density at radius 1 is 1.47 bits per heavy atom. The summed E-state index contributed by atoms with van der Waals surface area (Å²) < 4.78 is 27.2. The van der Waals surface area contributed by atoms with Gasteiger partial charge in [0.2, 0.25) is 10.0 Å². The van der Waals surface area contributed by atoms with E-state index in [9.17, 15) is 13.5 Å². The van der Waals surface area contributed by atoms with Gasteiger partial charge in [-0.3, -0.25) is 0 Å². The summed E-state index contributed by atoms with van der Waals surface area (Å²) in [5.41, 5.74) is 0. The van der Waals surface area contributed by atoms with Crippen molar-refractivity contribution in [2.24, 2.45) is 5.92 Å². The molecule has 2 atom stereocenters. The largest absolute Gasteiger partial charge is 0.396 e. The monoisotopic (exact) mass is 275 g/mol. The molecule has 6 heteroatoms. The van der Waals surface area contributed by atoms with Crippen LogP contribution in [0, 0.1) is 12.8 Å². The molecule has 2 unspecified atom stereocenters. The smallest absolute Gasteiger partial charge is 0.250 e. The number of hydrogen-bond donors (Lipinski definition) is 2. The number of aliphatic hydroxyl groups is 1. The maximum atomic E-state index is 12.1. The lowest BCUT2D eigenvalue weighted by molar-refractivity contribution is 0.213. The third-order valence-electron chi connectivity index (χ3n) is 3.18. The average molecular weight is 275 g/mol. The Labute approximate surface area is 106 Å². The van der Waals surface area contributed by atoms with Gasteiger partial charge in [-0.25, -0.2) is 13.1 Å². The van der Waals surface area contributed by atoms with Crippen molar-refractivity contribution in [3.8, 4) is 0 Å². The first-order chi connectivity index (χ1) is 8.03. The second-order valence-electron chi connectivity index (χ2n) is 4.47. The zero-order valence-corrected chi connectivity index (χ0v) is 11.4. The van der Waals surface area contributed by atoms with E-state index < -0.39 is 10.0 Å². The molecule has 0 radical (unpaired) electrons. The third kappa shape index (κ3) is 2.88. The van der Waals surface area contributed by atoms with Crippen LogP contribution in [0.1, 0.15) is 24.1 Å². The minimum absolute atomic E-state index is 0.0522. The first-order valence-electron chi connectivity index (χ1n) is 5.72. The van der Waals surface area contributed by atoms with Gasteiger partial charge in [0, 0.05) is 17.5 Å². The van der Waals surface area contributed by atoms with E-state index in [1.807, 2.05) is 6.92 Å². The maximum Gasteiger partial charge on any atom is 0.250 e. The Bertz CT molecular complexity index is 481. The molecule has 96 valence electrons. The van der Waals surface area contributed by atoms with Gasteiger partial charge in [-0.05, 0) is 37.8 Å². The van der Waals surface area contributed by atoms with Gasteiger partial charge in [0.25, 0.3) is 0 Å². The molecule has 1 aliphatic rings. The van der Waals surface area contributed by atoms with Crippen LogP contribution in [-0.2, 0) is 10.0 Å². The molecule has 2 rings (SSSR count). The van der Waals surface area contributed by atoms with Crippen LogP contribution in [0.5, 0.6) is 0 Å². The maximum absolute atomic E-state index is 12.1. The molecule has 2 N–H and O–H groups in total. The van der Waals surface area contributed by atoms with Gasteiger partial charge in [-0.15, -0.1) is 11.3 Å². The van der Waals surface area contributed by atoms with Crippen LogP contribution in [0.2, 0.25) is 0 Å². The molecular weight excluding hydrogens is 258 g/mol. The summed E-state index contributed by atoms with van der Waals surface area (Å²) in [6.45, 7) is 1.94. The van der Waals surface area contributed by atoms with Crippen molar-refractivity contribution in [3.05, 3.63) is 17.0 Å². The lowest BCUT2D eigenvalue weighted by Crippen LogP contribution is -2.38. The van der Waals surface area contributed by atoms with E-state index >= 15 is 0 Å². The molecule has 1 heterocycles. The summed E-state index contributed by atoms with van der Waals surface area (Å²) in [7, 11) is -3.41. The highest BCUT2D eigenvalue weighted by molar-refractivity contribution is 7.91. The van der Waals surface area contributed by atoms with Crippen molar-refractivity contribution < 1.29 is 13.5 Å². The van der Waals surface area contributed by atoms with Crippen molar-refractivity contribution in [2.45, 2.75) is 36.4 Å². The molecule has 1 aromatic rings. The normalized spacial score (nSPS) is 25.3. The van der Waals surface area contributed by atoms with Gasteiger partial charge in [-0.1, -0.05) is 6.42 Å². The van der Waals surface area contributed by atoms with Crippen molar-refractivity contribution in [3.63, 3.8) is 0 Å². The Balaban J connectivity index is 2.12. The summed E-state index contributed by atoms with van der Waals surface area (Å²) in [6, 6.07) is 3.32. The molecule has 1 aliphatic carbocycles. The second-order valence-corrected chi connectivity index (χ2v) is 7.70. The van der Waals surface area contributed by atoms with E-state index in [1.165, 1.54) is 11.3 Å². The number of rotatable bonds is 4. The highest BCUT2D eigenvalue weighted by Gasteiger charge is 2.31. The van der Waals surface area contributed by atoms with Crippen molar-refractivity contribution >= 4 is 21.4 Å². The summed E-state index contributed by atoms with van der Waals surface area (Å²) in [4.78, 5) is 0.982. The number of thiophene rings is 1. The molecule has 4 nitrogen and oxygen atoms in total. The van der Waals surface area contributed by atoms with E-state index in [-0.39, 0.29) is 18.6 Å². The molecule has 1 aromatic heterocycles. The summed E-state index contributed by atoms with van der Waals surface area (Å²) >= 11 is 1.27. The highest BCUT2D eigenvalue weighted by atomic mass is 32.2. The molecule has 0 amide bonds. The van der Waals surface area contributed by atoms with Gasteiger partial charge in [0.1, 0.15) is 4.21 Å². The van der Waals surface area contributed by atoms with Crippen LogP contribution in [-0.4, -0.2) is 26.2 Å². The van der Waals surface area contributed by atoms with Crippen molar-refractivity contribution in [1.82, 2.24) is 4.72 Å². The third-order valence-corrected chi connectivity index (χ3v) is 6.16. The Kier molecular flexibility index (Phi) is 3.87. The van der Waals surface area contributed by atoms with Crippen LogP contribution >= 0.6 is 11.3 Å². The fourth-order valence-electron chi connectivity index (χ4n) is 2.22. The predicted octanol–water partition coefficient (Wildman–Crippen LogP) is 1.50. The zero-order chi connectivity index (χ0) is 12.5. The molecule has 0 aromatic carbocycles. The van der Waals surface area contributed by atoms with Crippen molar-refractivity contribution in [1.29, 1.82) is 0 Å². The molecular formula is C11H17NO3S2. The summed E-state index contributed by atoms with van der Waals surface area (Å²) in [5.74, 6) is 0.0610. The SMILES string of the molecule is Cc1ccc(S(=O)(=O)NC2CCCC2CO)s1. The number of aliphatic hydroxyl groups excluding tert-OH is 1. The van der Waals surface area contributed by atoms with Crippen LogP contribution in [0.15, 0.2) is 16.3 Å². The standard InChI is InChI=1S/C11H17NO3S2/c1-8-5-6-11(16-8)17(14,15)12-10-4-2-3-9(10)7-13/h5-6,9-10,12-13H,2-4,7H2,1H3. The van der Waals surface area contributed by atoms with Gasteiger partial charge < -0.3 is 5.11 Å². The van der Waals surface area contributed by atoms with Gasteiger partial charge in [-0.2, -0.15) is 0 Å². The highest BCUT2D eigenvalue weighted by Crippen LogP contribution is 2.28.